The summed E-state index contributed by atoms with van der Waals surface area (Å²) < 4.78 is 5.62. The quantitative estimate of drug-likeness (QED) is 0.465. The average Bonchev–Trinajstić information content (AvgIpc) is 2.95. The highest BCUT2D eigenvalue weighted by Gasteiger charge is 2.48. The second-order valence-electron chi connectivity index (χ2n) is 7.21. The topological polar surface area (TPSA) is 116 Å². The molecule has 0 aromatic heterocycles. The fourth-order valence-electron chi connectivity index (χ4n) is 3.84. The third-order valence-corrected chi connectivity index (χ3v) is 5.46. The Morgan fingerprint density at radius 1 is 0.893 bits per heavy atom. The van der Waals surface area contributed by atoms with Gasteiger partial charge in [-0.2, -0.15) is 0 Å². The minimum atomic E-state index is -1.26. The first-order valence-corrected chi connectivity index (χ1v) is 9.38. The minimum Gasteiger partial charge on any atom is -0.481 e. The van der Waals surface area contributed by atoms with Crippen molar-refractivity contribution in [3.05, 3.63) is 35.4 Å². The molecule has 0 saturated heterocycles. The summed E-state index contributed by atoms with van der Waals surface area (Å²) in [5.74, 6) is -3.43. The van der Waals surface area contributed by atoms with Crippen LogP contribution in [0.5, 0.6) is 0 Å². The summed E-state index contributed by atoms with van der Waals surface area (Å²) >= 11 is 0. The van der Waals surface area contributed by atoms with E-state index in [0.29, 0.717) is 25.7 Å². The van der Waals surface area contributed by atoms with Gasteiger partial charge in [0.25, 0.3) is 0 Å². The van der Waals surface area contributed by atoms with Crippen molar-refractivity contribution in [1.29, 1.82) is 0 Å². The molecule has 1 fully saturated rings. The maximum Gasteiger partial charge on any atom is 0.386 e. The van der Waals surface area contributed by atoms with Crippen LogP contribution in [0, 0.1) is 5.41 Å². The summed E-state index contributed by atoms with van der Waals surface area (Å²) in [6.45, 7) is 0. The number of carbonyl (C=O) groups is 4. The Kier molecular flexibility index (Phi) is 5.96. The Bertz CT molecular complexity index is 759. The van der Waals surface area contributed by atoms with E-state index in [9.17, 15) is 24.3 Å². The molecular weight excluding hydrogens is 368 g/mol. The maximum absolute atomic E-state index is 12.6. The van der Waals surface area contributed by atoms with Gasteiger partial charge in [0, 0.05) is 0 Å². The highest BCUT2D eigenvalue weighted by atomic mass is 17.2. The Morgan fingerprint density at radius 3 is 2.04 bits per heavy atom. The predicted molar refractivity (Wildman–Crippen MR) is 94.2 cm³/mol. The lowest BCUT2D eigenvalue weighted by Gasteiger charge is -2.36. The van der Waals surface area contributed by atoms with Crippen molar-refractivity contribution in [1.82, 2.24) is 0 Å². The predicted octanol–water partition coefficient (Wildman–Crippen LogP) is 3.05. The van der Waals surface area contributed by atoms with Gasteiger partial charge in [-0.3, -0.25) is 4.79 Å². The van der Waals surface area contributed by atoms with Crippen molar-refractivity contribution in [2.45, 2.75) is 57.5 Å². The van der Waals surface area contributed by atoms with Gasteiger partial charge < -0.3 is 9.84 Å². The molecule has 1 aromatic rings. The molecule has 2 bridgehead atoms. The first-order chi connectivity index (χ1) is 13.4. The SMILES string of the molecule is O=C1CCC(C2(C(=O)O)CCCCCC2)OC(=O)c2ccc(cc2)C(=O)OO1. The van der Waals surface area contributed by atoms with E-state index in [2.05, 4.69) is 9.78 Å². The molecular formula is C20H22O8. The summed E-state index contributed by atoms with van der Waals surface area (Å²) in [6.07, 6.45) is 2.68. The second kappa shape index (κ2) is 8.41. The Morgan fingerprint density at radius 2 is 1.46 bits per heavy atom. The summed E-state index contributed by atoms with van der Waals surface area (Å²) in [4.78, 5) is 57.7. The van der Waals surface area contributed by atoms with Crippen molar-refractivity contribution >= 4 is 23.9 Å². The van der Waals surface area contributed by atoms with Crippen LogP contribution < -0.4 is 0 Å². The zero-order valence-electron chi connectivity index (χ0n) is 15.3. The molecule has 28 heavy (non-hydrogen) atoms. The van der Waals surface area contributed by atoms with Crippen LogP contribution in [0.25, 0.3) is 0 Å². The van der Waals surface area contributed by atoms with Crippen LogP contribution in [-0.2, 0) is 24.1 Å². The van der Waals surface area contributed by atoms with Crippen LogP contribution in [-0.4, -0.2) is 35.1 Å². The lowest BCUT2D eigenvalue weighted by molar-refractivity contribution is -0.234. The third kappa shape index (κ3) is 4.16. The molecule has 4 rings (SSSR count). The number of hydrogen-bond donors (Lipinski definition) is 1. The van der Waals surface area contributed by atoms with E-state index in [1.54, 1.807) is 0 Å². The van der Waals surface area contributed by atoms with Crippen molar-refractivity contribution in [2.24, 2.45) is 5.41 Å². The van der Waals surface area contributed by atoms with Crippen LogP contribution in [0.15, 0.2) is 24.3 Å². The highest BCUT2D eigenvalue weighted by Crippen LogP contribution is 2.42. The standard InChI is InChI=1S/C20H22O8/c21-16-10-9-15(20(19(24)25)11-3-1-2-4-12-20)26-17(22)13-5-7-14(8-6-13)18(23)28-27-16/h5-8,15H,1-4,9-12H2,(H,24,25). The molecule has 0 radical (unpaired) electrons. The number of hydrogen-bond acceptors (Lipinski definition) is 7. The van der Waals surface area contributed by atoms with Gasteiger partial charge in [-0.1, -0.05) is 25.7 Å². The van der Waals surface area contributed by atoms with E-state index in [0.717, 1.165) is 12.8 Å². The fraction of sp³-hybridized carbons (Fsp3) is 0.500. The van der Waals surface area contributed by atoms with Gasteiger partial charge in [-0.15, -0.1) is 0 Å². The number of carboxylic acid groups (broad SMARTS) is 1. The first-order valence-electron chi connectivity index (χ1n) is 9.38. The van der Waals surface area contributed by atoms with Crippen molar-refractivity contribution in [2.75, 3.05) is 0 Å². The zero-order chi connectivity index (χ0) is 20.1. The molecule has 2 heterocycles. The van der Waals surface area contributed by atoms with Gasteiger partial charge in [0.2, 0.25) is 0 Å². The molecule has 8 nitrogen and oxygen atoms in total. The number of ether oxygens (including phenoxy) is 1. The number of carboxylic acids is 1. The number of fused-ring (bicyclic) bond motifs is 10. The third-order valence-electron chi connectivity index (χ3n) is 5.46. The van der Waals surface area contributed by atoms with Crippen LogP contribution in [0.2, 0.25) is 0 Å². The van der Waals surface area contributed by atoms with Gasteiger partial charge in [0.05, 0.1) is 17.5 Å². The summed E-state index contributed by atoms with van der Waals surface area (Å²) in [5.41, 5.74) is -0.975. The molecule has 1 aromatic carbocycles. The Labute approximate surface area is 161 Å². The molecule has 8 heteroatoms. The molecule has 1 N–H and O–H groups in total. The lowest BCUT2D eigenvalue weighted by atomic mass is 9.73. The van der Waals surface area contributed by atoms with E-state index in [1.165, 1.54) is 24.3 Å². The van der Waals surface area contributed by atoms with E-state index >= 15 is 0 Å². The monoisotopic (exact) mass is 390 g/mol. The molecule has 1 unspecified atom stereocenters. The summed E-state index contributed by atoms with van der Waals surface area (Å²) in [6, 6.07) is 5.46. The Balaban J connectivity index is 1.94. The van der Waals surface area contributed by atoms with Crippen molar-refractivity contribution in [3.63, 3.8) is 0 Å². The van der Waals surface area contributed by atoms with Crippen LogP contribution in [0.4, 0.5) is 0 Å². The van der Waals surface area contributed by atoms with E-state index in [-0.39, 0.29) is 24.0 Å². The largest absolute Gasteiger partial charge is 0.481 e. The molecule has 1 atom stereocenters. The normalized spacial score (nSPS) is 23.1. The molecule has 3 aliphatic rings. The van der Waals surface area contributed by atoms with Crippen molar-refractivity contribution < 1.29 is 38.8 Å². The highest BCUT2D eigenvalue weighted by molar-refractivity contribution is 5.93. The fourth-order valence-corrected chi connectivity index (χ4v) is 3.84. The first kappa shape index (κ1) is 19.9. The molecule has 2 aliphatic heterocycles. The van der Waals surface area contributed by atoms with Gasteiger partial charge in [0.1, 0.15) is 11.5 Å². The van der Waals surface area contributed by atoms with Gasteiger partial charge in [-0.25, -0.2) is 24.2 Å². The molecule has 0 spiro atoms. The van der Waals surface area contributed by atoms with E-state index in [4.69, 9.17) is 4.74 Å². The van der Waals surface area contributed by atoms with Crippen LogP contribution in [0.1, 0.15) is 72.1 Å². The molecule has 1 saturated carbocycles. The average molecular weight is 390 g/mol. The van der Waals surface area contributed by atoms with Gasteiger partial charge in [0.15, 0.2) is 0 Å². The summed E-state index contributed by atoms with van der Waals surface area (Å²) in [7, 11) is 0. The molecule has 150 valence electrons. The zero-order valence-corrected chi connectivity index (χ0v) is 15.3. The lowest BCUT2D eigenvalue weighted by Crippen LogP contribution is -2.45. The van der Waals surface area contributed by atoms with Crippen LogP contribution in [0.3, 0.4) is 0 Å². The number of benzene rings is 1. The number of aliphatic carboxylic acids is 1. The van der Waals surface area contributed by atoms with Crippen LogP contribution >= 0.6 is 0 Å². The molecule has 1 aliphatic carbocycles. The Hall–Kier alpha value is -2.90. The van der Waals surface area contributed by atoms with Gasteiger partial charge >= 0.3 is 23.9 Å². The number of rotatable bonds is 2. The number of esters is 1. The minimum absolute atomic E-state index is 0.0360. The van der Waals surface area contributed by atoms with E-state index < -0.39 is 35.4 Å². The van der Waals surface area contributed by atoms with Crippen molar-refractivity contribution in [3.8, 4) is 0 Å². The van der Waals surface area contributed by atoms with E-state index in [1.807, 2.05) is 0 Å². The maximum atomic E-state index is 12.6. The smallest absolute Gasteiger partial charge is 0.386 e. The second-order valence-corrected chi connectivity index (χ2v) is 7.21. The molecule has 0 amide bonds. The van der Waals surface area contributed by atoms with Gasteiger partial charge in [-0.05, 0) is 43.5 Å². The summed E-state index contributed by atoms with van der Waals surface area (Å²) in [5, 5.41) is 10.0. The number of carbonyl (C=O) groups excluding carboxylic acids is 3.